The fraction of sp³-hybridized carbons (Fsp3) is 0.208. The quantitative estimate of drug-likeness (QED) is 0.204. The Morgan fingerprint density at radius 3 is 2.69 bits per heavy atom. The number of nitro groups is 1. The van der Waals surface area contributed by atoms with Crippen LogP contribution in [0.15, 0.2) is 74.5 Å². The van der Waals surface area contributed by atoms with Gasteiger partial charge in [-0.25, -0.2) is 9.79 Å². The Kier molecular flexibility index (Phi) is 6.78. The molecule has 0 bridgehead atoms. The van der Waals surface area contributed by atoms with Gasteiger partial charge in [0.1, 0.15) is 23.0 Å². The summed E-state index contributed by atoms with van der Waals surface area (Å²) in [6.45, 7) is 7.52. The second-order valence-electron chi connectivity index (χ2n) is 7.40. The summed E-state index contributed by atoms with van der Waals surface area (Å²) < 4.78 is 17.7. The van der Waals surface area contributed by atoms with Crippen molar-refractivity contribution in [3.8, 4) is 5.75 Å². The molecule has 3 aromatic rings. The number of rotatable bonds is 8. The molecule has 4 rings (SSSR count). The first-order valence-electron chi connectivity index (χ1n) is 10.6. The van der Waals surface area contributed by atoms with Crippen LogP contribution in [0, 0.1) is 10.1 Å². The number of furan rings is 1. The zero-order valence-corrected chi connectivity index (χ0v) is 19.7. The first-order valence-corrected chi connectivity index (χ1v) is 11.4. The van der Waals surface area contributed by atoms with E-state index in [1.165, 1.54) is 22.8 Å². The normalized spacial score (nSPS) is 15.4. The summed E-state index contributed by atoms with van der Waals surface area (Å²) in [5, 5.41) is 10.9. The maximum atomic E-state index is 13.5. The van der Waals surface area contributed by atoms with Gasteiger partial charge in [0.05, 0.1) is 34.5 Å². The van der Waals surface area contributed by atoms with Gasteiger partial charge in [0.25, 0.3) is 5.56 Å². The molecule has 1 aliphatic heterocycles. The second-order valence-corrected chi connectivity index (χ2v) is 8.41. The van der Waals surface area contributed by atoms with Crippen LogP contribution in [0.3, 0.4) is 0 Å². The van der Waals surface area contributed by atoms with Gasteiger partial charge in [-0.1, -0.05) is 36.1 Å². The number of ether oxygens (including phenoxy) is 2. The Morgan fingerprint density at radius 2 is 2.06 bits per heavy atom. The lowest BCUT2D eigenvalue weighted by molar-refractivity contribution is -0.402. The van der Waals surface area contributed by atoms with Crippen molar-refractivity contribution >= 4 is 29.3 Å². The Labute approximate surface area is 202 Å². The Hall–Kier alpha value is -4.25. The monoisotopic (exact) mass is 495 g/mol. The van der Waals surface area contributed by atoms with Gasteiger partial charge in [0, 0.05) is 6.08 Å². The van der Waals surface area contributed by atoms with E-state index in [4.69, 9.17) is 13.9 Å². The summed E-state index contributed by atoms with van der Waals surface area (Å²) >= 11 is 1.09. The molecule has 1 aromatic carbocycles. The van der Waals surface area contributed by atoms with Crippen LogP contribution >= 0.6 is 11.3 Å². The molecule has 1 aliphatic rings. The number of carbonyl (C=O) groups excluding carboxylic acids is 1. The number of hydrogen-bond acceptors (Lipinski definition) is 9. The fourth-order valence-electron chi connectivity index (χ4n) is 3.66. The van der Waals surface area contributed by atoms with Crippen LogP contribution in [0.4, 0.5) is 5.88 Å². The number of benzene rings is 1. The molecule has 2 aromatic heterocycles. The molecular formula is C24H21N3O7S. The number of allylic oxidation sites excluding steroid dienone is 1. The maximum absolute atomic E-state index is 13.5. The van der Waals surface area contributed by atoms with Crippen LogP contribution in [-0.2, 0) is 9.53 Å². The van der Waals surface area contributed by atoms with Crippen molar-refractivity contribution in [3.05, 3.63) is 101 Å². The maximum Gasteiger partial charge on any atom is 0.433 e. The zero-order valence-electron chi connectivity index (χ0n) is 18.9. The van der Waals surface area contributed by atoms with E-state index in [2.05, 4.69) is 11.6 Å². The van der Waals surface area contributed by atoms with Gasteiger partial charge in [-0.2, -0.15) is 0 Å². The molecule has 10 nitrogen and oxygen atoms in total. The Bertz CT molecular complexity index is 1510. The minimum atomic E-state index is -0.785. The van der Waals surface area contributed by atoms with Crippen molar-refractivity contribution in [1.82, 2.24) is 4.57 Å². The smallest absolute Gasteiger partial charge is 0.433 e. The average Bonchev–Trinajstić information content (AvgIpc) is 3.42. The molecule has 0 fully saturated rings. The highest BCUT2D eigenvalue weighted by atomic mass is 32.1. The number of nitrogens with zero attached hydrogens (tertiary/aromatic N) is 3. The molecule has 3 heterocycles. The van der Waals surface area contributed by atoms with Gasteiger partial charge >= 0.3 is 11.9 Å². The van der Waals surface area contributed by atoms with E-state index in [1.807, 2.05) is 0 Å². The van der Waals surface area contributed by atoms with Crippen molar-refractivity contribution in [3.63, 3.8) is 0 Å². The molecule has 180 valence electrons. The number of hydrogen-bond donors (Lipinski definition) is 0. The zero-order chi connectivity index (χ0) is 25.1. The first kappa shape index (κ1) is 23.9. The molecule has 1 atom stereocenters. The van der Waals surface area contributed by atoms with E-state index in [0.29, 0.717) is 28.4 Å². The topological polar surface area (TPSA) is 126 Å². The lowest BCUT2D eigenvalue weighted by Gasteiger charge is -2.24. The van der Waals surface area contributed by atoms with Crippen LogP contribution in [0.1, 0.15) is 31.2 Å². The van der Waals surface area contributed by atoms with E-state index >= 15 is 0 Å². The summed E-state index contributed by atoms with van der Waals surface area (Å²) in [5.41, 5.74) is 0.926. The van der Waals surface area contributed by atoms with Crippen molar-refractivity contribution in [1.29, 1.82) is 0 Å². The van der Waals surface area contributed by atoms with E-state index in [1.54, 1.807) is 44.2 Å². The van der Waals surface area contributed by atoms with Crippen LogP contribution in [-0.4, -0.2) is 28.7 Å². The van der Waals surface area contributed by atoms with Crippen LogP contribution in [0.25, 0.3) is 6.08 Å². The predicted octanol–water partition coefficient (Wildman–Crippen LogP) is 2.86. The molecule has 0 N–H and O–H groups in total. The summed E-state index contributed by atoms with van der Waals surface area (Å²) in [6, 6.07) is 8.87. The summed E-state index contributed by atoms with van der Waals surface area (Å²) in [4.78, 5) is 41.5. The van der Waals surface area contributed by atoms with Crippen molar-refractivity contribution < 1.29 is 23.6 Å². The van der Waals surface area contributed by atoms with Gasteiger partial charge in [-0.15, -0.1) is 0 Å². The van der Waals surface area contributed by atoms with Gasteiger partial charge in [-0.3, -0.25) is 19.5 Å². The second kappa shape index (κ2) is 9.94. The molecule has 0 aliphatic carbocycles. The fourth-order valence-corrected chi connectivity index (χ4v) is 4.68. The summed E-state index contributed by atoms with van der Waals surface area (Å²) in [6.07, 6.45) is 3.05. The molecule has 1 unspecified atom stereocenters. The van der Waals surface area contributed by atoms with Crippen LogP contribution < -0.4 is 19.6 Å². The largest absolute Gasteiger partial charge is 0.490 e. The minimum absolute atomic E-state index is 0.156. The molecule has 0 spiro atoms. The first-order chi connectivity index (χ1) is 16.8. The number of esters is 1. The van der Waals surface area contributed by atoms with Crippen LogP contribution in [0.2, 0.25) is 0 Å². The van der Waals surface area contributed by atoms with E-state index in [0.717, 1.165) is 11.3 Å². The highest BCUT2D eigenvalue weighted by molar-refractivity contribution is 7.07. The summed E-state index contributed by atoms with van der Waals surface area (Å²) in [7, 11) is 0. The Morgan fingerprint density at radius 1 is 1.31 bits per heavy atom. The molecule has 0 amide bonds. The SMILES string of the molecule is C=CCOc1ccc(C2C(C(=O)OCC)=C(C)N=c3s/c(=C\c4ccc([N+](=O)[O-])o4)c(=O)n32)cc1. The van der Waals surface area contributed by atoms with E-state index < -0.39 is 28.4 Å². The standard InChI is InChI=1S/C24H21N3O7S/c1-4-12-33-16-8-6-15(7-9-16)21-20(23(29)32-5-2)14(3)25-24-26(21)22(28)18(35-24)13-17-10-11-19(34-17)27(30)31/h4,6-11,13,21H,1,5,12H2,2-3H3/b18-13-. The van der Waals surface area contributed by atoms with Crippen LogP contribution in [0.5, 0.6) is 5.75 Å². The molecule has 0 radical (unpaired) electrons. The third kappa shape index (κ3) is 4.71. The van der Waals surface area contributed by atoms with E-state index in [9.17, 15) is 19.7 Å². The molecule has 11 heteroatoms. The number of thiazole rings is 1. The third-order valence-corrected chi connectivity index (χ3v) is 6.13. The minimum Gasteiger partial charge on any atom is -0.490 e. The van der Waals surface area contributed by atoms with Gasteiger partial charge in [-0.05, 0) is 37.6 Å². The van der Waals surface area contributed by atoms with Gasteiger partial charge in [0.2, 0.25) is 0 Å². The lowest BCUT2D eigenvalue weighted by atomic mass is 9.96. The lowest BCUT2D eigenvalue weighted by Crippen LogP contribution is -2.39. The van der Waals surface area contributed by atoms with Gasteiger partial charge in [0.15, 0.2) is 4.80 Å². The third-order valence-electron chi connectivity index (χ3n) is 5.15. The highest BCUT2D eigenvalue weighted by Crippen LogP contribution is 2.31. The number of carbonyl (C=O) groups is 1. The Balaban J connectivity index is 1.87. The highest BCUT2D eigenvalue weighted by Gasteiger charge is 2.33. The predicted molar refractivity (Wildman–Crippen MR) is 128 cm³/mol. The molecule has 0 saturated heterocycles. The molecule has 35 heavy (non-hydrogen) atoms. The number of fused-ring (bicyclic) bond motifs is 1. The van der Waals surface area contributed by atoms with Gasteiger partial charge < -0.3 is 13.9 Å². The van der Waals surface area contributed by atoms with Crippen molar-refractivity contribution in [2.24, 2.45) is 4.99 Å². The summed E-state index contributed by atoms with van der Waals surface area (Å²) in [5.74, 6) is -0.231. The van der Waals surface area contributed by atoms with Crippen molar-refractivity contribution in [2.75, 3.05) is 13.2 Å². The van der Waals surface area contributed by atoms with Crippen molar-refractivity contribution in [2.45, 2.75) is 19.9 Å². The number of aromatic nitrogens is 1. The van der Waals surface area contributed by atoms with E-state index in [-0.39, 0.29) is 22.5 Å². The molecule has 0 saturated carbocycles. The average molecular weight is 496 g/mol. The molecular weight excluding hydrogens is 474 g/mol.